The van der Waals surface area contributed by atoms with E-state index >= 15 is 0 Å². The zero-order chi connectivity index (χ0) is 13.3. The van der Waals surface area contributed by atoms with Crippen LogP contribution in [0.25, 0.3) is 0 Å². The lowest BCUT2D eigenvalue weighted by Crippen LogP contribution is -2.55. The van der Waals surface area contributed by atoms with E-state index < -0.39 is 0 Å². The minimum Gasteiger partial charge on any atom is -0.394 e. The van der Waals surface area contributed by atoms with E-state index in [9.17, 15) is 9.90 Å². The lowest BCUT2D eigenvalue weighted by atomic mass is 9.67. The number of ether oxygens (including phenoxy) is 1. The Morgan fingerprint density at radius 3 is 3.10 bits per heavy atom. The van der Waals surface area contributed by atoms with Crippen LogP contribution in [0.5, 0.6) is 0 Å². The fraction of sp³-hybridized carbons (Fsp3) is 0.929. The van der Waals surface area contributed by atoms with E-state index in [1.54, 1.807) is 0 Å². The van der Waals surface area contributed by atoms with Gasteiger partial charge in [0.25, 0.3) is 0 Å². The Balaban J connectivity index is 0.00000147. The third kappa shape index (κ3) is 2.69. The second-order valence-electron chi connectivity index (χ2n) is 6.16. The summed E-state index contributed by atoms with van der Waals surface area (Å²) in [4.78, 5) is 14.9. The Morgan fingerprint density at radius 1 is 1.45 bits per heavy atom. The monoisotopic (exact) mass is 304 g/mol. The number of carbonyl (C=O) groups excluding carboxylic acids is 1. The molecule has 2 N–H and O–H groups in total. The van der Waals surface area contributed by atoms with E-state index in [0.29, 0.717) is 31.5 Å². The Labute approximate surface area is 126 Å². The summed E-state index contributed by atoms with van der Waals surface area (Å²) in [7, 11) is 0. The number of nitrogens with one attached hydrogen (secondary N) is 1. The van der Waals surface area contributed by atoms with E-state index in [4.69, 9.17) is 4.74 Å². The predicted molar refractivity (Wildman–Crippen MR) is 77.9 cm³/mol. The van der Waals surface area contributed by atoms with Gasteiger partial charge >= 0.3 is 0 Å². The minimum absolute atomic E-state index is 0. The molecule has 1 amide bonds. The van der Waals surface area contributed by atoms with Crippen LogP contribution < -0.4 is 5.32 Å². The van der Waals surface area contributed by atoms with Crippen LogP contribution in [0.3, 0.4) is 0 Å². The Bertz CT molecular complexity index is 355. The number of carbonyl (C=O) groups is 1. The maximum Gasteiger partial charge on any atom is 0.230 e. The summed E-state index contributed by atoms with van der Waals surface area (Å²) in [5.41, 5.74) is -0.171. The maximum atomic E-state index is 13.0. The highest BCUT2D eigenvalue weighted by Crippen LogP contribution is 2.45. The Hall–Kier alpha value is -0.360. The van der Waals surface area contributed by atoms with Crippen LogP contribution in [-0.2, 0) is 9.53 Å². The van der Waals surface area contributed by atoms with Crippen LogP contribution in [0.4, 0.5) is 0 Å². The van der Waals surface area contributed by atoms with Gasteiger partial charge in [0, 0.05) is 19.6 Å². The van der Waals surface area contributed by atoms with Crippen LogP contribution in [0.1, 0.15) is 25.7 Å². The topological polar surface area (TPSA) is 61.8 Å². The SMILES string of the molecule is Cl.O=C(N1CCOC(CO)C1)[C@@]12CCCC[C@H]1CNC2. The molecule has 0 radical (unpaired) electrons. The number of rotatable bonds is 2. The first-order valence-electron chi connectivity index (χ1n) is 7.49. The number of hydrogen-bond acceptors (Lipinski definition) is 4. The highest BCUT2D eigenvalue weighted by molar-refractivity contribution is 5.85. The van der Waals surface area contributed by atoms with Gasteiger partial charge in [0.15, 0.2) is 0 Å². The first-order chi connectivity index (χ1) is 9.26. The van der Waals surface area contributed by atoms with E-state index in [-0.39, 0.29) is 30.5 Å². The fourth-order valence-electron chi connectivity index (χ4n) is 4.00. The maximum absolute atomic E-state index is 13.0. The largest absolute Gasteiger partial charge is 0.394 e. The highest BCUT2D eigenvalue weighted by Gasteiger charge is 2.51. The highest BCUT2D eigenvalue weighted by atomic mass is 35.5. The van der Waals surface area contributed by atoms with Gasteiger partial charge in [-0.1, -0.05) is 12.8 Å². The van der Waals surface area contributed by atoms with Gasteiger partial charge in [0.1, 0.15) is 0 Å². The molecule has 1 unspecified atom stereocenters. The summed E-state index contributed by atoms with van der Waals surface area (Å²) < 4.78 is 5.44. The molecule has 5 nitrogen and oxygen atoms in total. The molecule has 2 aliphatic heterocycles. The number of fused-ring (bicyclic) bond motifs is 1. The van der Waals surface area contributed by atoms with E-state index in [1.807, 2.05) is 4.90 Å². The van der Waals surface area contributed by atoms with Gasteiger partial charge in [-0.05, 0) is 25.3 Å². The predicted octanol–water partition coefficient (Wildman–Crippen LogP) is 0.408. The van der Waals surface area contributed by atoms with Gasteiger partial charge < -0.3 is 20.1 Å². The Kier molecular flexibility index (Phi) is 5.29. The molecule has 1 aliphatic carbocycles. The summed E-state index contributed by atoms with van der Waals surface area (Å²) in [5.74, 6) is 0.799. The minimum atomic E-state index is -0.203. The zero-order valence-corrected chi connectivity index (χ0v) is 12.7. The van der Waals surface area contributed by atoms with Gasteiger partial charge in [0.05, 0.1) is 24.7 Å². The van der Waals surface area contributed by atoms with Gasteiger partial charge in [0.2, 0.25) is 5.91 Å². The van der Waals surface area contributed by atoms with Crippen molar-refractivity contribution < 1.29 is 14.6 Å². The first-order valence-corrected chi connectivity index (χ1v) is 7.49. The number of aliphatic hydroxyl groups is 1. The van der Waals surface area contributed by atoms with Crippen molar-refractivity contribution in [2.24, 2.45) is 11.3 Å². The summed E-state index contributed by atoms with van der Waals surface area (Å²) in [6.07, 6.45) is 4.41. The second kappa shape index (κ2) is 6.60. The molecule has 20 heavy (non-hydrogen) atoms. The molecule has 0 aromatic rings. The van der Waals surface area contributed by atoms with Crippen LogP contribution in [0, 0.1) is 11.3 Å². The number of aliphatic hydroxyl groups excluding tert-OH is 1. The summed E-state index contributed by atoms with van der Waals surface area (Å²) in [6.45, 7) is 3.58. The van der Waals surface area contributed by atoms with Crippen molar-refractivity contribution in [1.29, 1.82) is 0 Å². The van der Waals surface area contributed by atoms with Crippen LogP contribution >= 0.6 is 12.4 Å². The number of morpholine rings is 1. The van der Waals surface area contributed by atoms with Crippen molar-refractivity contribution in [2.75, 3.05) is 39.4 Å². The molecule has 0 aromatic heterocycles. The van der Waals surface area contributed by atoms with Crippen molar-refractivity contribution in [3.8, 4) is 0 Å². The molecule has 3 fully saturated rings. The molecular formula is C14H25ClN2O3. The van der Waals surface area contributed by atoms with E-state index in [2.05, 4.69) is 5.32 Å². The summed E-state index contributed by atoms with van der Waals surface area (Å²) in [6, 6.07) is 0. The van der Waals surface area contributed by atoms with Crippen molar-refractivity contribution >= 4 is 18.3 Å². The number of halogens is 1. The zero-order valence-electron chi connectivity index (χ0n) is 11.8. The molecule has 116 valence electrons. The van der Waals surface area contributed by atoms with Crippen LogP contribution in [0.15, 0.2) is 0 Å². The van der Waals surface area contributed by atoms with Crippen LogP contribution in [0.2, 0.25) is 0 Å². The summed E-state index contributed by atoms with van der Waals surface area (Å²) >= 11 is 0. The molecule has 0 bridgehead atoms. The van der Waals surface area contributed by atoms with Crippen molar-refractivity contribution in [2.45, 2.75) is 31.8 Å². The average molecular weight is 305 g/mol. The van der Waals surface area contributed by atoms with Crippen molar-refractivity contribution in [3.05, 3.63) is 0 Å². The van der Waals surface area contributed by atoms with Crippen molar-refractivity contribution in [3.63, 3.8) is 0 Å². The summed E-state index contributed by atoms with van der Waals surface area (Å²) in [5, 5.41) is 12.6. The third-order valence-electron chi connectivity index (χ3n) is 5.09. The fourth-order valence-corrected chi connectivity index (χ4v) is 4.00. The number of amides is 1. The number of hydrogen-bond donors (Lipinski definition) is 2. The lowest BCUT2D eigenvalue weighted by molar-refractivity contribution is -0.154. The van der Waals surface area contributed by atoms with Gasteiger partial charge in [-0.15, -0.1) is 12.4 Å². The molecular weight excluding hydrogens is 280 g/mol. The molecule has 6 heteroatoms. The molecule has 3 atom stereocenters. The molecule has 0 aromatic carbocycles. The lowest BCUT2D eigenvalue weighted by Gasteiger charge is -2.43. The van der Waals surface area contributed by atoms with Gasteiger partial charge in [-0.2, -0.15) is 0 Å². The second-order valence-corrected chi connectivity index (χ2v) is 6.16. The van der Waals surface area contributed by atoms with Gasteiger partial charge in [-0.25, -0.2) is 0 Å². The van der Waals surface area contributed by atoms with Crippen molar-refractivity contribution in [1.82, 2.24) is 10.2 Å². The number of nitrogens with zero attached hydrogens (tertiary/aromatic N) is 1. The third-order valence-corrected chi connectivity index (χ3v) is 5.09. The van der Waals surface area contributed by atoms with Gasteiger partial charge in [-0.3, -0.25) is 4.79 Å². The smallest absolute Gasteiger partial charge is 0.230 e. The average Bonchev–Trinajstić information content (AvgIpc) is 2.91. The van der Waals surface area contributed by atoms with E-state index in [0.717, 1.165) is 25.9 Å². The molecule has 2 heterocycles. The quantitative estimate of drug-likeness (QED) is 0.776. The molecule has 1 saturated carbocycles. The molecule has 3 aliphatic rings. The van der Waals surface area contributed by atoms with E-state index in [1.165, 1.54) is 12.8 Å². The standard InChI is InChI=1S/C14H24N2O3.ClH/c17-9-12-8-16(5-6-19-12)13(18)14-4-2-1-3-11(14)7-15-10-14;/h11-12,15,17H,1-10H2;1H/t11-,12?,14+;/m0./s1. The molecule has 2 saturated heterocycles. The molecule has 0 spiro atoms. The Morgan fingerprint density at radius 2 is 2.30 bits per heavy atom. The first kappa shape index (κ1) is 16.0. The van der Waals surface area contributed by atoms with Crippen LogP contribution in [-0.4, -0.2) is 61.4 Å². The molecule has 3 rings (SSSR count). The normalized spacial score (nSPS) is 37.1.